The molecule has 1 saturated heterocycles. The summed E-state index contributed by atoms with van der Waals surface area (Å²) in [5.41, 5.74) is 1.87. The van der Waals surface area contributed by atoms with Gasteiger partial charge in [0.05, 0.1) is 39.1 Å². The molecular formula is C28H38BrNO5. The maximum atomic E-state index is 12.6. The first-order valence-corrected chi connectivity index (χ1v) is 13.5. The second-order valence-corrected chi connectivity index (χ2v) is 10.5. The summed E-state index contributed by atoms with van der Waals surface area (Å²) in [4.78, 5) is 14.3. The van der Waals surface area contributed by atoms with Gasteiger partial charge >= 0.3 is 6.09 Å². The van der Waals surface area contributed by atoms with Crippen LogP contribution in [0.5, 0.6) is 5.75 Å². The number of carbonyl (C=O) groups is 1. The van der Waals surface area contributed by atoms with Crippen molar-refractivity contribution in [3.8, 4) is 5.75 Å². The van der Waals surface area contributed by atoms with E-state index in [0.717, 1.165) is 23.9 Å². The van der Waals surface area contributed by atoms with Gasteiger partial charge in [0.1, 0.15) is 11.4 Å². The van der Waals surface area contributed by atoms with E-state index in [2.05, 4.69) is 40.2 Å². The van der Waals surface area contributed by atoms with E-state index in [9.17, 15) is 4.79 Å². The molecule has 35 heavy (non-hydrogen) atoms. The van der Waals surface area contributed by atoms with Crippen LogP contribution in [0.15, 0.2) is 54.6 Å². The van der Waals surface area contributed by atoms with Crippen molar-refractivity contribution in [2.45, 2.75) is 57.8 Å². The molecule has 0 spiro atoms. The van der Waals surface area contributed by atoms with Gasteiger partial charge in [0.2, 0.25) is 0 Å². The highest BCUT2D eigenvalue weighted by Gasteiger charge is 2.35. The molecule has 2 aromatic rings. The number of likely N-dealkylation sites (tertiary alicyclic amines) is 1. The number of hydrogen-bond acceptors (Lipinski definition) is 5. The van der Waals surface area contributed by atoms with Crippen LogP contribution in [-0.2, 0) is 20.8 Å². The number of benzene rings is 2. The lowest BCUT2D eigenvalue weighted by Gasteiger charge is -2.39. The molecule has 0 aromatic heterocycles. The molecule has 1 amide bonds. The van der Waals surface area contributed by atoms with Crippen LogP contribution >= 0.6 is 15.9 Å². The number of alkyl halides is 1. The Kier molecular flexibility index (Phi) is 10.9. The summed E-state index contributed by atoms with van der Waals surface area (Å²) < 4.78 is 23.3. The predicted octanol–water partition coefficient (Wildman–Crippen LogP) is 6.18. The third-order valence-electron chi connectivity index (χ3n) is 5.74. The Morgan fingerprint density at radius 1 is 1.03 bits per heavy atom. The molecule has 0 saturated carbocycles. The van der Waals surface area contributed by atoms with Gasteiger partial charge in [-0.2, -0.15) is 0 Å². The first-order valence-electron chi connectivity index (χ1n) is 12.4. The van der Waals surface area contributed by atoms with E-state index in [1.54, 1.807) is 4.90 Å². The SMILES string of the molecule is CC(C)(C)OC(=O)N1CCC(c2ccc(OCCCOCc3ccccc3)cc2)C(OCCBr)C1. The predicted molar refractivity (Wildman–Crippen MR) is 141 cm³/mol. The molecule has 6 nitrogen and oxygen atoms in total. The number of carbonyl (C=O) groups excluding carboxylic acids is 1. The van der Waals surface area contributed by atoms with E-state index in [-0.39, 0.29) is 18.1 Å². The first kappa shape index (κ1) is 27.5. The monoisotopic (exact) mass is 547 g/mol. The quantitative estimate of drug-likeness (QED) is 0.248. The third-order valence-corrected chi connectivity index (χ3v) is 6.07. The summed E-state index contributed by atoms with van der Waals surface area (Å²) in [6, 6.07) is 18.4. The van der Waals surface area contributed by atoms with Crippen molar-refractivity contribution in [2.75, 3.05) is 38.2 Å². The molecular weight excluding hydrogens is 510 g/mol. The van der Waals surface area contributed by atoms with Crippen molar-refractivity contribution in [3.05, 3.63) is 65.7 Å². The van der Waals surface area contributed by atoms with Gasteiger partial charge < -0.3 is 23.8 Å². The largest absolute Gasteiger partial charge is 0.494 e. The number of piperidine rings is 1. The van der Waals surface area contributed by atoms with E-state index in [1.165, 1.54) is 11.1 Å². The molecule has 0 aliphatic carbocycles. The van der Waals surface area contributed by atoms with Crippen LogP contribution in [-0.4, -0.2) is 60.9 Å². The second kappa shape index (κ2) is 13.9. The standard InChI is InChI=1S/C28H38BrNO5/c1-28(2,3)35-27(31)30-16-14-25(26(20-30)34-19-15-29)23-10-12-24(13-11-23)33-18-7-17-32-21-22-8-5-4-6-9-22/h4-6,8-13,25-26H,7,14-21H2,1-3H3. The summed E-state index contributed by atoms with van der Waals surface area (Å²) in [5, 5.41) is 0.754. The molecule has 2 atom stereocenters. The van der Waals surface area contributed by atoms with E-state index < -0.39 is 5.60 Å². The van der Waals surface area contributed by atoms with Gasteiger partial charge in [0, 0.05) is 24.2 Å². The highest BCUT2D eigenvalue weighted by molar-refractivity contribution is 9.09. The lowest BCUT2D eigenvalue weighted by molar-refractivity contribution is -0.0254. The maximum absolute atomic E-state index is 12.6. The van der Waals surface area contributed by atoms with E-state index in [4.69, 9.17) is 18.9 Å². The highest BCUT2D eigenvalue weighted by Crippen LogP contribution is 2.32. The number of amides is 1. The summed E-state index contributed by atoms with van der Waals surface area (Å²) in [7, 11) is 0. The van der Waals surface area contributed by atoms with Crippen LogP contribution in [0.3, 0.4) is 0 Å². The molecule has 0 N–H and O–H groups in total. The smallest absolute Gasteiger partial charge is 0.410 e. The van der Waals surface area contributed by atoms with Crippen molar-refractivity contribution in [2.24, 2.45) is 0 Å². The number of hydrogen-bond donors (Lipinski definition) is 0. The van der Waals surface area contributed by atoms with Crippen molar-refractivity contribution in [1.82, 2.24) is 4.90 Å². The van der Waals surface area contributed by atoms with Crippen LogP contribution in [0, 0.1) is 0 Å². The summed E-state index contributed by atoms with van der Waals surface area (Å²) in [6.45, 7) is 9.32. The number of halogens is 1. The molecule has 0 radical (unpaired) electrons. The average Bonchev–Trinajstić information content (AvgIpc) is 2.84. The van der Waals surface area contributed by atoms with Gasteiger partial charge in [0.15, 0.2) is 0 Å². The van der Waals surface area contributed by atoms with Crippen LogP contribution in [0.1, 0.15) is 50.7 Å². The van der Waals surface area contributed by atoms with E-state index >= 15 is 0 Å². The number of rotatable bonds is 11. The van der Waals surface area contributed by atoms with Gasteiger partial charge in [-0.05, 0) is 50.5 Å². The van der Waals surface area contributed by atoms with Gasteiger partial charge in [-0.15, -0.1) is 0 Å². The fourth-order valence-corrected chi connectivity index (χ4v) is 4.27. The first-order chi connectivity index (χ1) is 16.9. The van der Waals surface area contributed by atoms with Crippen LogP contribution in [0.2, 0.25) is 0 Å². The Hall–Kier alpha value is -2.09. The molecule has 0 bridgehead atoms. The van der Waals surface area contributed by atoms with Gasteiger partial charge in [-0.25, -0.2) is 4.79 Å². The van der Waals surface area contributed by atoms with Gasteiger partial charge in [0.25, 0.3) is 0 Å². The minimum atomic E-state index is -0.510. The molecule has 1 aliphatic heterocycles. The average molecular weight is 549 g/mol. The molecule has 7 heteroatoms. The Morgan fingerprint density at radius 3 is 2.46 bits per heavy atom. The molecule has 2 aromatic carbocycles. The van der Waals surface area contributed by atoms with Crippen LogP contribution in [0.4, 0.5) is 4.79 Å². The topological polar surface area (TPSA) is 57.2 Å². The zero-order valence-electron chi connectivity index (χ0n) is 21.1. The van der Waals surface area contributed by atoms with Crippen molar-refractivity contribution < 1.29 is 23.7 Å². The molecule has 1 aliphatic rings. The van der Waals surface area contributed by atoms with Crippen molar-refractivity contribution in [3.63, 3.8) is 0 Å². The molecule has 3 rings (SSSR count). The maximum Gasteiger partial charge on any atom is 0.410 e. The van der Waals surface area contributed by atoms with Gasteiger partial charge in [-0.1, -0.05) is 58.4 Å². The van der Waals surface area contributed by atoms with E-state index in [0.29, 0.717) is 39.5 Å². The summed E-state index contributed by atoms with van der Waals surface area (Å²) in [5.74, 6) is 1.06. The van der Waals surface area contributed by atoms with Crippen molar-refractivity contribution in [1.29, 1.82) is 0 Å². The lowest BCUT2D eigenvalue weighted by atomic mass is 9.87. The number of ether oxygens (including phenoxy) is 4. The summed E-state index contributed by atoms with van der Waals surface area (Å²) >= 11 is 3.44. The summed E-state index contributed by atoms with van der Waals surface area (Å²) in [6.07, 6.45) is 1.30. The molecule has 192 valence electrons. The third kappa shape index (κ3) is 9.47. The fraction of sp³-hybridized carbons (Fsp3) is 0.536. The Bertz CT molecular complexity index is 884. The number of nitrogens with zero attached hydrogens (tertiary/aromatic N) is 1. The van der Waals surface area contributed by atoms with Crippen LogP contribution in [0.25, 0.3) is 0 Å². The Morgan fingerprint density at radius 2 is 1.77 bits per heavy atom. The Balaban J connectivity index is 1.46. The fourth-order valence-electron chi connectivity index (χ4n) is 4.08. The second-order valence-electron chi connectivity index (χ2n) is 9.73. The minimum Gasteiger partial charge on any atom is -0.494 e. The Labute approximate surface area is 218 Å². The van der Waals surface area contributed by atoms with Gasteiger partial charge in [-0.3, -0.25) is 0 Å². The zero-order chi connectivity index (χ0) is 25.1. The molecule has 1 heterocycles. The zero-order valence-corrected chi connectivity index (χ0v) is 22.7. The van der Waals surface area contributed by atoms with Crippen molar-refractivity contribution >= 4 is 22.0 Å². The van der Waals surface area contributed by atoms with Crippen LogP contribution < -0.4 is 4.74 Å². The normalized spacial score (nSPS) is 18.3. The highest BCUT2D eigenvalue weighted by atomic mass is 79.9. The van der Waals surface area contributed by atoms with E-state index in [1.807, 2.05) is 51.1 Å². The molecule has 2 unspecified atom stereocenters. The minimum absolute atomic E-state index is 0.0812. The molecule has 1 fully saturated rings. The lowest BCUT2D eigenvalue weighted by Crippen LogP contribution is -2.48.